The molecular weight excluding hydrogens is 1100 g/mol. The number of rotatable bonds is 70. The van der Waals surface area contributed by atoms with Gasteiger partial charge in [0.15, 0.2) is 0 Å². The highest BCUT2D eigenvalue weighted by atomic mass is 31.2. The van der Waals surface area contributed by atoms with Gasteiger partial charge in [0, 0.05) is 12.8 Å². The fourth-order valence-electron chi connectivity index (χ4n) is 11.4. The van der Waals surface area contributed by atoms with E-state index in [9.17, 15) is 19.0 Å². The molecule has 0 spiro atoms. The van der Waals surface area contributed by atoms with Crippen LogP contribution in [-0.2, 0) is 27.9 Å². The number of ether oxygens (including phenoxy) is 1. The number of quaternary nitrogens is 1. The molecule has 0 aliphatic heterocycles. The summed E-state index contributed by atoms with van der Waals surface area (Å²) in [6.07, 6.45) is 85.4. The minimum Gasteiger partial charge on any atom is -0.756 e. The predicted octanol–water partition coefficient (Wildman–Crippen LogP) is 23.7. The third-order valence-electron chi connectivity index (χ3n) is 17.3. The molecular formula is C77H147N2O7P. The van der Waals surface area contributed by atoms with Crippen LogP contribution in [0, 0.1) is 0 Å². The molecule has 1 N–H and O–H groups in total. The lowest BCUT2D eigenvalue weighted by atomic mass is 10.0. The van der Waals surface area contributed by atoms with E-state index in [-0.39, 0.29) is 31.5 Å². The highest BCUT2D eigenvalue weighted by Crippen LogP contribution is 2.38. The lowest BCUT2D eigenvalue weighted by Gasteiger charge is -2.30. The Hall–Kier alpha value is -2.03. The number of esters is 1. The number of phosphoric acid groups is 1. The van der Waals surface area contributed by atoms with Gasteiger partial charge in [-0.3, -0.25) is 14.2 Å². The number of carbonyl (C=O) groups is 2. The zero-order valence-corrected chi connectivity index (χ0v) is 59.6. The second kappa shape index (κ2) is 66.9. The van der Waals surface area contributed by atoms with Crippen molar-refractivity contribution in [1.29, 1.82) is 0 Å². The van der Waals surface area contributed by atoms with Crippen LogP contribution in [0.2, 0.25) is 0 Å². The fraction of sp³-hybridized carbons (Fsp3) is 0.870. The maximum absolute atomic E-state index is 13.6. The molecule has 0 aliphatic rings. The van der Waals surface area contributed by atoms with Gasteiger partial charge in [-0.05, 0) is 70.3 Å². The average molecular weight is 1240 g/mol. The van der Waals surface area contributed by atoms with Crippen molar-refractivity contribution in [2.45, 2.75) is 392 Å². The largest absolute Gasteiger partial charge is 0.756 e. The number of amides is 1. The van der Waals surface area contributed by atoms with Crippen molar-refractivity contribution in [3.8, 4) is 0 Å². The van der Waals surface area contributed by atoms with Crippen LogP contribution in [0.3, 0.4) is 0 Å². The van der Waals surface area contributed by atoms with Crippen molar-refractivity contribution >= 4 is 19.7 Å². The zero-order valence-electron chi connectivity index (χ0n) is 58.7. The van der Waals surface area contributed by atoms with Crippen LogP contribution in [0.5, 0.6) is 0 Å². The molecule has 0 aliphatic carbocycles. The summed E-state index contributed by atoms with van der Waals surface area (Å²) in [4.78, 5) is 40.2. The summed E-state index contributed by atoms with van der Waals surface area (Å²) >= 11 is 0. The molecule has 512 valence electrons. The van der Waals surface area contributed by atoms with Gasteiger partial charge in [-0.15, -0.1) is 0 Å². The number of hydrogen-bond acceptors (Lipinski definition) is 7. The minimum atomic E-state index is -4.70. The van der Waals surface area contributed by atoms with Crippen LogP contribution in [0.15, 0.2) is 48.6 Å². The third-order valence-corrected chi connectivity index (χ3v) is 18.2. The monoisotopic (exact) mass is 1240 g/mol. The summed E-state index contributed by atoms with van der Waals surface area (Å²) in [6.45, 7) is 6.88. The quantitative estimate of drug-likeness (QED) is 0.0212. The lowest BCUT2D eigenvalue weighted by molar-refractivity contribution is -0.870. The molecule has 0 saturated carbocycles. The van der Waals surface area contributed by atoms with E-state index in [4.69, 9.17) is 13.8 Å². The molecule has 0 radical (unpaired) electrons. The molecule has 0 aromatic rings. The van der Waals surface area contributed by atoms with Gasteiger partial charge in [-0.2, -0.15) is 0 Å². The Morgan fingerprint density at radius 2 is 0.701 bits per heavy atom. The Labute approximate surface area is 541 Å². The number of likely N-dealkylation sites (N-methyl/N-ethyl adjacent to an activating group) is 1. The third kappa shape index (κ3) is 68.2. The fourth-order valence-corrected chi connectivity index (χ4v) is 12.1. The molecule has 9 nitrogen and oxygen atoms in total. The summed E-state index contributed by atoms with van der Waals surface area (Å²) < 4.78 is 30.5. The molecule has 1 amide bonds. The smallest absolute Gasteiger partial charge is 0.306 e. The minimum absolute atomic E-state index is 0.0198. The number of allylic oxidation sites excluding steroid dienone is 7. The molecule has 0 saturated heterocycles. The highest BCUT2D eigenvalue weighted by Gasteiger charge is 2.27. The van der Waals surface area contributed by atoms with Crippen LogP contribution >= 0.6 is 7.82 Å². The molecule has 0 fully saturated rings. The van der Waals surface area contributed by atoms with Gasteiger partial charge in [-0.1, -0.05) is 346 Å². The van der Waals surface area contributed by atoms with Gasteiger partial charge in [0.1, 0.15) is 19.3 Å². The molecule has 0 aromatic carbocycles. The van der Waals surface area contributed by atoms with Gasteiger partial charge in [0.2, 0.25) is 5.91 Å². The van der Waals surface area contributed by atoms with E-state index in [2.05, 4.69) is 62.5 Å². The summed E-state index contributed by atoms with van der Waals surface area (Å²) in [7, 11) is 1.20. The molecule has 0 bridgehead atoms. The van der Waals surface area contributed by atoms with Crippen LogP contribution in [-0.4, -0.2) is 69.4 Å². The number of hydrogen-bond donors (Lipinski definition) is 1. The number of nitrogens with zero attached hydrogens (tertiary/aromatic N) is 1. The van der Waals surface area contributed by atoms with E-state index < -0.39 is 20.0 Å². The number of carbonyl (C=O) groups excluding carboxylic acids is 2. The second-order valence-corrected chi connectivity index (χ2v) is 28.6. The van der Waals surface area contributed by atoms with Crippen LogP contribution in [0.25, 0.3) is 0 Å². The van der Waals surface area contributed by atoms with Gasteiger partial charge >= 0.3 is 5.97 Å². The first-order chi connectivity index (χ1) is 42.4. The van der Waals surface area contributed by atoms with Crippen LogP contribution < -0.4 is 10.2 Å². The molecule has 0 aromatic heterocycles. The Bertz CT molecular complexity index is 1620. The number of phosphoric ester groups is 1. The normalized spacial score (nSPS) is 13.7. The number of unbranched alkanes of at least 4 members (excludes halogenated alkanes) is 48. The van der Waals surface area contributed by atoms with Crippen molar-refractivity contribution in [2.75, 3.05) is 40.9 Å². The second-order valence-electron chi connectivity index (χ2n) is 27.2. The summed E-state index contributed by atoms with van der Waals surface area (Å²) in [5.74, 6) is -0.522. The van der Waals surface area contributed by atoms with Crippen LogP contribution in [0.1, 0.15) is 380 Å². The Morgan fingerprint density at radius 3 is 1.07 bits per heavy atom. The molecule has 0 heterocycles. The van der Waals surface area contributed by atoms with Crippen molar-refractivity contribution in [3.63, 3.8) is 0 Å². The molecule has 10 heteroatoms. The van der Waals surface area contributed by atoms with E-state index >= 15 is 0 Å². The molecule has 3 atom stereocenters. The first-order valence-electron chi connectivity index (χ1n) is 37.9. The van der Waals surface area contributed by atoms with E-state index in [1.165, 1.54) is 276 Å². The first kappa shape index (κ1) is 85.0. The van der Waals surface area contributed by atoms with E-state index in [1.54, 1.807) is 0 Å². The van der Waals surface area contributed by atoms with Gasteiger partial charge < -0.3 is 28.5 Å². The van der Waals surface area contributed by atoms with Crippen molar-refractivity contribution in [3.05, 3.63) is 48.6 Å². The SMILES string of the molecule is CCCCC/C=C\C/C=C\C/C=C\CCCCCCCCCCCCCCCCC(=O)OC(/C=C/CCCCCCCCCCC)C(COP(=O)([O-])OCC[N+](C)(C)C)NC(=O)CCCCCCCCCCCCCCCCCCCCCCCCC. The standard InChI is InChI=1S/C77H147N2O7P/c1-7-10-13-16-19-22-25-27-29-31-33-35-37-38-39-40-42-44-46-48-50-52-55-58-61-64-67-70-77(81)86-75(68-65-62-59-56-53-24-21-18-15-12-9-3)74(73-85-87(82,83)84-72-71-79(4,5)6)78-76(80)69-66-63-60-57-54-51-49-47-45-43-41-36-34-32-30-28-26-23-20-17-14-11-8-2/h19,22,27,29,33,35,65,68,74-75H,7-18,20-21,23-26,28,30-32,34,36-64,66-67,69-73H2,1-6H3,(H-,78,80,82,83)/b22-19-,29-27-,35-33-,68-65+. The maximum Gasteiger partial charge on any atom is 0.306 e. The maximum atomic E-state index is 13.6. The molecule has 3 unspecified atom stereocenters. The van der Waals surface area contributed by atoms with Gasteiger partial charge in [0.05, 0.1) is 33.8 Å². The van der Waals surface area contributed by atoms with Crippen molar-refractivity contribution in [2.24, 2.45) is 0 Å². The average Bonchev–Trinajstić information content (AvgIpc) is 3.70. The topological polar surface area (TPSA) is 114 Å². The number of nitrogens with one attached hydrogen (secondary N) is 1. The molecule has 0 rings (SSSR count). The highest BCUT2D eigenvalue weighted by molar-refractivity contribution is 7.45. The van der Waals surface area contributed by atoms with E-state index in [0.717, 1.165) is 70.6 Å². The lowest BCUT2D eigenvalue weighted by Crippen LogP contribution is -2.47. The zero-order chi connectivity index (χ0) is 63.5. The van der Waals surface area contributed by atoms with Crippen molar-refractivity contribution in [1.82, 2.24) is 5.32 Å². The Kier molecular flexibility index (Phi) is 65.3. The summed E-state index contributed by atoms with van der Waals surface area (Å²) in [6, 6.07) is -0.886. The Balaban J connectivity index is 4.91. The Morgan fingerprint density at radius 1 is 0.402 bits per heavy atom. The van der Waals surface area contributed by atoms with Crippen LogP contribution in [0.4, 0.5) is 0 Å². The van der Waals surface area contributed by atoms with Gasteiger partial charge in [-0.25, -0.2) is 0 Å². The summed E-state index contributed by atoms with van der Waals surface area (Å²) in [5.41, 5.74) is 0. The first-order valence-corrected chi connectivity index (χ1v) is 39.4. The molecule has 87 heavy (non-hydrogen) atoms. The van der Waals surface area contributed by atoms with Crippen molar-refractivity contribution < 1.29 is 37.3 Å². The summed E-state index contributed by atoms with van der Waals surface area (Å²) in [5, 5.41) is 3.05. The van der Waals surface area contributed by atoms with E-state index in [1.807, 2.05) is 33.3 Å². The van der Waals surface area contributed by atoms with Gasteiger partial charge in [0.25, 0.3) is 7.82 Å². The predicted molar refractivity (Wildman–Crippen MR) is 376 cm³/mol. The van der Waals surface area contributed by atoms with E-state index in [0.29, 0.717) is 17.4 Å².